The molecular weight excluding hydrogens is 490 g/mol. The van der Waals surface area contributed by atoms with E-state index in [4.69, 9.17) is 21.1 Å². The van der Waals surface area contributed by atoms with Gasteiger partial charge in [0, 0.05) is 22.7 Å². The predicted molar refractivity (Wildman–Crippen MR) is 130 cm³/mol. The summed E-state index contributed by atoms with van der Waals surface area (Å²) in [4.78, 5) is 61.0. The van der Waals surface area contributed by atoms with E-state index in [1.54, 1.807) is 12.1 Å². The second-order valence-corrected chi connectivity index (χ2v) is 9.02. The number of anilines is 1. The number of hydrogen-bond acceptors (Lipinski definition) is 7. The van der Waals surface area contributed by atoms with Gasteiger partial charge in [0.15, 0.2) is 6.61 Å². The molecule has 0 bridgehead atoms. The fourth-order valence-electron chi connectivity index (χ4n) is 3.23. The van der Waals surface area contributed by atoms with Gasteiger partial charge in [-0.1, -0.05) is 25.4 Å². The molecule has 1 heterocycles. The van der Waals surface area contributed by atoms with E-state index in [-0.39, 0.29) is 18.9 Å². The number of rotatable bonds is 9. The summed E-state index contributed by atoms with van der Waals surface area (Å²) >= 11 is 5.80. The molecule has 10 nitrogen and oxygen atoms in total. The topological polar surface area (TPSA) is 131 Å². The summed E-state index contributed by atoms with van der Waals surface area (Å²) in [7, 11) is 0. The van der Waals surface area contributed by atoms with Crippen molar-refractivity contribution < 1.29 is 33.4 Å². The lowest BCUT2D eigenvalue weighted by atomic mass is 10.1. The number of carbonyl (C=O) groups excluding carboxylic acids is 5. The van der Waals surface area contributed by atoms with Crippen LogP contribution >= 0.6 is 11.6 Å². The third-order valence-corrected chi connectivity index (χ3v) is 5.35. The first-order valence-electron chi connectivity index (χ1n) is 11.2. The fraction of sp³-hybridized carbons (Fsp3) is 0.320. The van der Waals surface area contributed by atoms with Gasteiger partial charge in [0.1, 0.15) is 0 Å². The van der Waals surface area contributed by atoms with Gasteiger partial charge in [-0.3, -0.25) is 29.6 Å². The van der Waals surface area contributed by atoms with Crippen LogP contribution in [0.3, 0.4) is 0 Å². The lowest BCUT2D eigenvalue weighted by Crippen LogP contribution is -2.43. The van der Waals surface area contributed by atoms with Crippen LogP contribution in [-0.2, 0) is 23.9 Å². The summed E-state index contributed by atoms with van der Waals surface area (Å²) in [6.45, 7) is 3.54. The average molecular weight is 516 g/mol. The fourth-order valence-corrected chi connectivity index (χ4v) is 3.35. The first-order chi connectivity index (χ1) is 17.1. The Morgan fingerprint density at radius 1 is 1.00 bits per heavy atom. The number of esters is 2. The minimum Gasteiger partial charge on any atom is -0.462 e. The van der Waals surface area contributed by atoms with E-state index >= 15 is 0 Å². The number of nitrogens with one attached hydrogen (secondary N) is 2. The molecule has 190 valence electrons. The Hall–Kier alpha value is -3.92. The van der Waals surface area contributed by atoms with Crippen LogP contribution in [-0.4, -0.2) is 54.4 Å². The highest BCUT2D eigenvalue weighted by Crippen LogP contribution is 2.18. The molecule has 11 heteroatoms. The van der Waals surface area contributed by atoms with E-state index in [9.17, 15) is 24.0 Å². The summed E-state index contributed by atoms with van der Waals surface area (Å²) in [6, 6.07) is 12.2. The Morgan fingerprint density at radius 3 is 2.28 bits per heavy atom. The van der Waals surface area contributed by atoms with E-state index in [0.717, 1.165) is 5.01 Å². The Bertz CT molecular complexity index is 1130. The van der Waals surface area contributed by atoms with Gasteiger partial charge in [0.25, 0.3) is 11.8 Å². The summed E-state index contributed by atoms with van der Waals surface area (Å²) < 4.78 is 10.2. The largest absolute Gasteiger partial charge is 0.462 e. The maximum absolute atomic E-state index is 12.4. The van der Waals surface area contributed by atoms with Gasteiger partial charge < -0.3 is 14.8 Å². The molecule has 2 N–H and O–H groups in total. The number of hydrogen-bond donors (Lipinski definition) is 2. The zero-order valence-electron chi connectivity index (χ0n) is 19.8. The average Bonchev–Trinajstić information content (AvgIpc) is 3.21. The first-order valence-corrected chi connectivity index (χ1v) is 11.6. The number of nitrogens with zero attached hydrogens (tertiary/aromatic N) is 1. The second-order valence-electron chi connectivity index (χ2n) is 8.58. The van der Waals surface area contributed by atoms with Crippen LogP contribution in [0.25, 0.3) is 0 Å². The molecule has 3 rings (SSSR count). The Balaban J connectivity index is 1.43. The molecule has 3 amide bonds. The number of amides is 3. The van der Waals surface area contributed by atoms with Crippen molar-refractivity contribution in [2.24, 2.45) is 11.8 Å². The van der Waals surface area contributed by atoms with E-state index in [1.807, 2.05) is 13.8 Å². The molecular formula is C25H26ClN3O7. The van der Waals surface area contributed by atoms with E-state index in [0.29, 0.717) is 28.4 Å². The van der Waals surface area contributed by atoms with Crippen molar-refractivity contribution in [3.8, 4) is 0 Å². The van der Waals surface area contributed by atoms with Crippen molar-refractivity contribution in [3.63, 3.8) is 0 Å². The van der Waals surface area contributed by atoms with E-state index < -0.39 is 42.2 Å². The monoisotopic (exact) mass is 515 g/mol. The lowest BCUT2D eigenvalue weighted by molar-refractivity contribution is -0.151. The maximum Gasteiger partial charge on any atom is 0.338 e. The van der Waals surface area contributed by atoms with Gasteiger partial charge in [-0.25, -0.2) is 4.79 Å². The molecule has 0 aromatic heterocycles. The van der Waals surface area contributed by atoms with Crippen molar-refractivity contribution in [2.75, 3.05) is 25.1 Å². The van der Waals surface area contributed by atoms with Gasteiger partial charge >= 0.3 is 11.9 Å². The van der Waals surface area contributed by atoms with Crippen LogP contribution in [0.4, 0.5) is 5.69 Å². The lowest BCUT2D eigenvalue weighted by Gasteiger charge is -2.17. The molecule has 0 aliphatic carbocycles. The molecule has 0 radical (unpaired) electrons. The van der Waals surface area contributed by atoms with Gasteiger partial charge in [-0.05, 0) is 54.4 Å². The Kier molecular flexibility index (Phi) is 9.02. The highest BCUT2D eigenvalue weighted by Gasteiger charge is 2.36. The van der Waals surface area contributed by atoms with Crippen molar-refractivity contribution in [3.05, 3.63) is 64.7 Å². The van der Waals surface area contributed by atoms with Crippen molar-refractivity contribution in [2.45, 2.75) is 20.3 Å². The standard InChI is InChI=1S/C25H26ClN3O7/c1-15(2)13-35-24(33)17-5-9-20(10-6-17)27-21(30)14-36-25(34)18-11-22(31)29(12-18)28-23(32)16-3-7-19(26)8-4-16/h3-10,15,18H,11-14H2,1-2H3,(H,27,30)(H,28,32)/t18-/m0/s1. The van der Waals surface area contributed by atoms with Gasteiger partial charge in [-0.15, -0.1) is 0 Å². The van der Waals surface area contributed by atoms with Crippen LogP contribution in [0.5, 0.6) is 0 Å². The summed E-state index contributed by atoms with van der Waals surface area (Å²) in [5.41, 5.74) is 3.51. The van der Waals surface area contributed by atoms with Crippen molar-refractivity contribution >= 4 is 46.9 Å². The molecule has 1 atom stereocenters. The van der Waals surface area contributed by atoms with Crippen LogP contribution in [0, 0.1) is 11.8 Å². The molecule has 36 heavy (non-hydrogen) atoms. The molecule has 0 spiro atoms. The number of benzene rings is 2. The molecule has 1 fully saturated rings. The smallest absolute Gasteiger partial charge is 0.338 e. The van der Waals surface area contributed by atoms with Gasteiger partial charge in [0.05, 0.1) is 24.6 Å². The number of carbonyl (C=O) groups is 5. The first kappa shape index (κ1) is 26.7. The molecule has 2 aromatic rings. The van der Waals surface area contributed by atoms with Crippen molar-refractivity contribution in [1.29, 1.82) is 0 Å². The highest BCUT2D eigenvalue weighted by molar-refractivity contribution is 6.30. The minimum atomic E-state index is -0.827. The van der Waals surface area contributed by atoms with Crippen LogP contribution < -0.4 is 10.7 Å². The number of hydrazine groups is 1. The zero-order valence-corrected chi connectivity index (χ0v) is 20.5. The molecule has 0 unspecified atom stereocenters. The SMILES string of the molecule is CC(C)COC(=O)c1ccc(NC(=O)COC(=O)[C@H]2CC(=O)N(NC(=O)c3ccc(Cl)cc3)C2)cc1. The molecule has 1 saturated heterocycles. The predicted octanol–water partition coefficient (Wildman–Crippen LogP) is 2.83. The zero-order chi connectivity index (χ0) is 26.2. The third kappa shape index (κ3) is 7.54. The molecule has 0 saturated carbocycles. The Labute approximate surface area is 212 Å². The minimum absolute atomic E-state index is 0.0764. The van der Waals surface area contributed by atoms with Crippen LogP contribution in [0.1, 0.15) is 41.0 Å². The molecule has 1 aliphatic heterocycles. The normalized spacial score (nSPS) is 14.9. The number of ether oxygens (including phenoxy) is 2. The van der Waals surface area contributed by atoms with E-state index in [2.05, 4.69) is 10.7 Å². The molecule has 2 aromatic carbocycles. The summed E-state index contributed by atoms with van der Waals surface area (Å²) in [6.07, 6.45) is -0.157. The Morgan fingerprint density at radius 2 is 1.64 bits per heavy atom. The highest BCUT2D eigenvalue weighted by atomic mass is 35.5. The second kappa shape index (κ2) is 12.2. The van der Waals surface area contributed by atoms with Crippen LogP contribution in [0.15, 0.2) is 48.5 Å². The van der Waals surface area contributed by atoms with Gasteiger partial charge in [-0.2, -0.15) is 0 Å². The van der Waals surface area contributed by atoms with Gasteiger partial charge in [0.2, 0.25) is 5.91 Å². The van der Waals surface area contributed by atoms with Crippen molar-refractivity contribution in [1.82, 2.24) is 10.4 Å². The van der Waals surface area contributed by atoms with E-state index in [1.165, 1.54) is 36.4 Å². The third-order valence-electron chi connectivity index (χ3n) is 5.10. The number of halogens is 1. The summed E-state index contributed by atoms with van der Waals surface area (Å²) in [5, 5.41) is 4.08. The summed E-state index contributed by atoms with van der Waals surface area (Å²) in [5.74, 6) is -3.36. The quantitative estimate of drug-likeness (QED) is 0.491. The maximum atomic E-state index is 12.4. The van der Waals surface area contributed by atoms with Crippen LogP contribution in [0.2, 0.25) is 5.02 Å². The molecule has 1 aliphatic rings.